The van der Waals surface area contributed by atoms with Gasteiger partial charge in [0.15, 0.2) is 14.6 Å². The Kier molecular flexibility index (Phi) is 6.31. The van der Waals surface area contributed by atoms with Crippen molar-refractivity contribution in [2.75, 3.05) is 36.1 Å². The van der Waals surface area contributed by atoms with E-state index in [9.17, 15) is 18.0 Å². The summed E-state index contributed by atoms with van der Waals surface area (Å²) in [6.07, 6.45) is 3.06. The Labute approximate surface area is 159 Å². The average molecular weight is 402 g/mol. The Morgan fingerprint density at radius 3 is 2.31 bits per heavy atom. The molecule has 2 saturated heterocycles. The van der Waals surface area contributed by atoms with Gasteiger partial charge in [-0.15, -0.1) is 12.4 Å². The zero-order chi connectivity index (χ0) is 18.1. The summed E-state index contributed by atoms with van der Waals surface area (Å²) in [6.45, 7) is 1.70. The van der Waals surface area contributed by atoms with Crippen molar-refractivity contribution in [1.29, 1.82) is 0 Å². The van der Waals surface area contributed by atoms with Crippen molar-refractivity contribution >= 4 is 45.4 Å². The van der Waals surface area contributed by atoms with Gasteiger partial charge in [-0.25, -0.2) is 8.42 Å². The molecule has 0 aromatic heterocycles. The summed E-state index contributed by atoms with van der Waals surface area (Å²) in [6, 6.07) is 6.95. The lowest BCUT2D eigenvalue weighted by Crippen LogP contribution is -2.55. The molecule has 1 aromatic carbocycles. The number of carbonyl (C=O) groups excluding carboxylic acids is 2. The highest BCUT2D eigenvalue weighted by Gasteiger charge is 2.48. The summed E-state index contributed by atoms with van der Waals surface area (Å²) < 4.78 is 23.2. The summed E-state index contributed by atoms with van der Waals surface area (Å²) >= 11 is 0. The Morgan fingerprint density at radius 2 is 1.81 bits per heavy atom. The molecule has 0 bridgehead atoms. The fraction of sp³-hybridized carbons (Fsp3) is 0.529. The molecule has 0 spiro atoms. The number of hydrogen-bond acceptors (Lipinski definition) is 5. The molecule has 0 saturated carbocycles. The maximum Gasteiger partial charge on any atom is 0.245 e. The molecular formula is C17H24ClN3O4S. The molecule has 0 atom stereocenters. The first-order valence-electron chi connectivity index (χ1n) is 8.46. The number of nitrogens with zero attached hydrogens (tertiary/aromatic N) is 1. The molecule has 2 aliphatic rings. The number of sulfone groups is 1. The fourth-order valence-corrected chi connectivity index (χ4v) is 4.82. The fourth-order valence-electron chi connectivity index (χ4n) is 3.49. The molecule has 3 rings (SSSR count). The van der Waals surface area contributed by atoms with E-state index in [2.05, 4.69) is 10.6 Å². The number of piperidine rings is 1. The zero-order valence-electron chi connectivity index (χ0n) is 14.7. The minimum atomic E-state index is -3.54. The molecular weight excluding hydrogens is 378 g/mol. The van der Waals surface area contributed by atoms with Crippen LogP contribution < -0.4 is 15.5 Å². The van der Waals surface area contributed by atoms with Gasteiger partial charge in [0.05, 0.1) is 0 Å². The predicted octanol–water partition coefficient (Wildman–Crippen LogP) is 1.34. The molecule has 1 aromatic rings. The third-order valence-corrected chi connectivity index (χ3v) is 7.06. The van der Waals surface area contributed by atoms with Crippen molar-refractivity contribution in [2.45, 2.75) is 30.4 Å². The number of nitrogens with one attached hydrogen (secondary N) is 2. The van der Waals surface area contributed by atoms with Gasteiger partial charge >= 0.3 is 0 Å². The number of hydrogen-bond donors (Lipinski definition) is 2. The van der Waals surface area contributed by atoms with E-state index < -0.39 is 20.5 Å². The molecule has 2 heterocycles. The summed E-state index contributed by atoms with van der Waals surface area (Å²) in [5.41, 5.74) is 1.32. The lowest BCUT2D eigenvalue weighted by atomic mass is 9.95. The molecule has 26 heavy (non-hydrogen) atoms. The van der Waals surface area contributed by atoms with Crippen molar-refractivity contribution in [3.63, 3.8) is 0 Å². The van der Waals surface area contributed by atoms with Gasteiger partial charge < -0.3 is 15.5 Å². The van der Waals surface area contributed by atoms with Crippen molar-refractivity contribution in [1.82, 2.24) is 5.32 Å². The Balaban J connectivity index is 0.00000243. The number of anilines is 2. The van der Waals surface area contributed by atoms with Gasteiger partial charge in [0.2, 0.25) is 11.8 Å². The maximum absolute atomic E-state index is 12.7. The van der Waals surface area contributed by atoms with Gasteiger partial charge in [0, 0.05) is 30.6 Å². The van der Waals surface area contributed by atoms with E-state index in [1.54, 1.807) is 29.2 Å². The van der Waals surface area contributed by atoms with E-state index in [-0.39, 0.29) is 31.2 Å². The maximum atomic E-state index is 12.7. The molecule has 2 N–H and O–H groups in total. The second-order valence-electron chi connectivity index (χ2n) is 6.67. The van der Waals surface area contributed by atoms with Gasteiger partial charge in [-0.05, 0) is 56.6 Å². The van der Waals surface area contributed by atoms with Crippen LogP contribution in [0.4, 0.5) is 11.4 Å². The van der Waals surface area contributed by atoms with E-state index in [1.807, 2.05) is 0 Å². The normalized spacial score (nSPS) is 19.7. The molecule has 2 amide bonds. The van der Waals surface area contributed by atoms with Crippen molar-refractivity contribution in [3.8, 4) is 0 Å². The minimum absolute atomic E-state index is 0. The minimum Gasteiger partial charge on any atom is -0.325 e. The lowest BCUT2D eigenvalue weighted by molar-refractivity contribution is -0.119. The quantitative estimate of drug-likeness (QED) is 0.793. The van der Waals surface area contributed by atoms with Crippen molar-refractivity contribution in [3.05, 3.63) is 24.3 Å². The van der Waals surface area contributed by atoms with Crippen LogP contribution in [0.25, 0.3) is 0 Å². The van der Waals surface area contributed by atoms with Crippen LogP contribution >= 0.6 is 12.4 Å². The predicted molar refractivity (Wildman–Crippen MR) is 104 cm³/mol. The van der Waals surface area contributed by atoms with Crippen LogP contribution in [0.1, 0.15) is 25.7 Å². The second-order valence-corrected chi connectivity index (χ2v) is 8.99. The van der Waals surface area contributed by atoms with Gasteiger partial charge in [-0.3, -0.25) is 9.59 Å². The molecule has 144 valence electrons. The molecule has 9 heteroatoms. The molecule has 0 radical (unpaired) electrons. The first-order valence-corrected chi connectivity index (χ1v) is 10.3. The molecule has 2 aliphatic heterocycles. The third kappa shape index (κ3) is 3.87. The Bertz CT molecular complexity index is 774. The van der Waals surface area contributed by atoms with Gasteiger partial charge in [0.25, 0.3) is 0 Å². The first-order chi connectivity index (χ1) is 11.8. The van der Waals surface area contributed by atoms with E-state index >= 15 is 0 Å². The lowest BCUT2D eigenvalue weighted by Gasteiger charge is -2.34. The summed E-state index contributed by atoms with van der Waals surface area (Å²) in [4.78, 5) is 26.2. The molecule has 7 nitrogen and oxygen atoms in total. The van der Waals surface area contributed by atoms with Crippen LogP contribution in [0.3, 0.4) is 0 Å². The number of amides is 2. The molecule has 0 aliphatic carbocycles. The zero-order valence-corrected chi connectivity index (χ0v) is 16.3. The largest absolute Gasteiger partial charge is 0.325 e. The highest BCUT2D eigenvalue weighted by molar-refractivity contribution is 7.92. The number of rotatable bonds is 4. The second kappa shape index (κ2) is 7.94. The molecule has 0 unspecified atom stereocenters. The van der Waals surface area contributed by atoms with Crippen LogP contribution in [-0.2, 0) is 19.4 Å². The first kappa shape index (κ1) is 20.7. The van der Waals surface area contributed by atoms with Crippen molar-refractivity contribution < 1.29 is 18.0 Å². The highest BCUT2D eigenvalue weighted by atomic mass is 35.5. The Hall–Kier alpha value is -1.64. The monoisotopic (exact) mass is 401 g/mol. The summed E-state index contributed by atoms with van der Waals surface area (Å²) in [7, 11) is -3.54. The van der Waals surface area contributed by atoms with E-state index in [0.29, 0.717) is 31.7 Å². The van der Waals surface area contributed by atoms with Crippen LogP contribution in [0.5, 0.6) is 0 Å². The number of benzene rings is 1. The molecule has 2 fully saturated rings. The SMILES string of the molecule is CS(=O)(=O)C1(C(=O)Nc2ccc(N3CCCC3=O)cc2)CCNCC1.Cl. The summed E-state index contributed by atoms with van der Waals surface area (Å²) in [5, 5.41) is 5.83. The van der Waals surface area contributed by atoms with E-state index in [4.69, 9.17) is 0 Å². The topological polar surface area (TPSA) is 95.6 Å². The number of halogens is 1. The standard InChI is InChI=1S/C17H23N3O4S.ClH/c1-25(23,24)17(8-10-18-11-9-17)16(22)19-13-4-6-14(7-5-13)20-12-2-3-15(20)21;/h4-7,18H,2-3,8-12H2,1H3,(H,19,22);1H. The average Bonchev–Trinajstić information content (AvgIpc) is 3.01. The number of carbonyl (C=O) groups is 2. The van der Waals surface area contributed by atoms with Gasteiger partial charge in [0.1, 0.15) is 0 Å². The van der Waals surface area contributed by atoms with E-state index in [0.717, 1.165) is 18.4 Å². The van der Waals surface area contributed by atoms with E-state index in [1.165, 1.54) is 0 Å². The summed E-state index contributed by atoms with van der Waals surface area (Å²) in [5.74, 6) is -0.385. The van der Waals surface area contributed by atoms with Crippen molar-refractivity contribution in [2.24, 2.45) is 0 Å². The van der Waals surface area contributed by atoms with Gasteiger partial charge in [-0.2, -0.15) is 0 Å². The van der Waals surface area contributed by atoms with Crippen LogP contribution in [0.15, 0.2) is 24.3 Å². The van der Waals surface area contributed by atoms with Crippen LogP contribution in [-0.4, -0.2) is 50.9 Å². The Morgan fingerprint density at radius 1 is 1.19 bits per heavy atom. The smallest absolute Gasteiger partial charge is 0.245 e. The highest BCUT2D eigenvalue weighted by Crippen LogP contribution is 2.30. The van der Waals surface area contributed by atoms with Crippen LogP contribution in [0, 0.1) is 0 Å². The third-order valence-electron chi connectivity index (χ3n) is 5.05. The van der Waals surface area contributed by atoms with Gasteiger partial charge in [-0.1, -0.05) is 0 Å². The van der Waals surface area contributed by atoms with Crippen LogP contribution in [0.2, 0.25) is 0 Å².